The van der Waals surface area contributed by atoms with Gasteiger partial charge in [0, 0.05) is 19.1 Å². The van der Waals surface area contributed by atoms with Crippen LogP contribution in [0.3, 0.4) is 0 Å². The van der Waals surface area contributed by atoms with E-state index >= 15 is 0 Å². The highest BCUT2D eigenvalue weighted by Gasteiger charge is 2.18. The molecule has 4 rings (SSSR count). The number of nitrogens with one attached hydrogen (secondary N) is 2. The molecule has 3 aromatic rings. The minimum Gasteiger partial charge on any atom is -0.397 e. The van der Waals surface area contributed by atoms with Gasteiger partial charge < -0.3 is 22.1 Å². The van der Waals surface area contributed by atoms with E-state index in [0.29, 0.717) is 11.4 Å². The van der Waals surface area contributed by atoms with Crippen LogP contribution in [0.5, 0.6) is 0 Å². The van der Waals surface area contributed by atoms with Crippen molar-refractivity contribution in [3.63, 3.8) is 0 Å². The Kier molecular flexibility index (Phi) is 7.98. The Bertz CT molecular complexity index is 989. The largest absolute Gasteiger partial charge is 0.397 e. The molecular weight excluding hydrogens is 394 g/mol. The number of anilines is 2. The number of hydrogen-bond acceptors (Lipinski definition) is 4. The summed E-state index contributed by atoms with van der Waals surface area (Å²) in [6.45, 7) is 4.65. The summed E-state index contributed by atoms with van der Waals surface area (Å²) in [7, 11) is 0. The summed E-state index contributed by atoms with van der Waals surface area (Å²) in [4.78, 5) is 0. The van der Waals surface area contributed by atoms with Gasteiger partial charge in [-0.2, -0.15) is 0 Å². The van der Waals surface area contributed by atoms with Crippen molar-refractivity contribution in [2.75, 3.05) is 18.0 Å². The standard InChI is InChI=1S/C16H15F2N.C9H15N3/c17-14-4-1-11(2-5-14)7-16-9-13-8-15(18)6-3-12(13)10-19-16;1-2-12-6-7-3-4-8(10)9(11)5-7/h1-6,8,16,19H,7,9-10H2;3-5,12H,2,6,10-11H2,1H3. The van der Waals surface area contributed by atoms with Crippen LogP contribution in [0.15, 0.2) is 60.7 Å². The summed E-state index contributed by atoms with van der Waals surface area (Å²) in [5.41, 5.74) is 17.0. The smallest absolute Gasteiger partial charge is 0.123 e. The van der Waals surface area contributed by atoms with Gasteiger partial charge in [-0.3, -0.25) is 0 Å². The second kappa shape index (κ2) is 10.9. The van der Waals surface area contributed by atoms with Crippen LogP contribution in [0.4, 0.5) is 20.2 Å². The number of halogens is 2. The van der Waals surface area contributed by atoms with Crippen molar-refractivity contribution < 1.29 is 8.78 Å². The van der Waals surface area contributed by atoms with Crippen LogP contribution in [0.25, 0.3) is 0 Å². The first-order valence-electron chi connectivity index (χ1n) is 10.5. The third-order valence-electron chi connectivity index (χ3n) is 5.34. The lowest BCUT2D eigenvalue weighted by Gasteiger charge is -2.26. The zero-order valence-electron chi connectivity index (χ0n) is 17.8. The molecule has 6 heteroatoms. The summed E-state index contributed by atoms with van der Waals surface area (Å²) in [5, 5.41) is 6.66. The Morgan fingerprint density at radius 1 is 0.871 bits per heavy atom. The lowest BCUT2D eigenvalue weighted by atomic mass is 9.92. The van der Waals surface area contributed by atoms with E-state index in [2.05, 4.69) is 17.6 Å². The Balaban J connectivity index is 0.000000196. The van der Waals surface area contributed by atoms with E-state index in [1.54, 1.807) is 18.2 Å². The predicted octanol–water partition coefficient (Wildman–Crippen LogP) is 4.18. The van der Waals surface area contributed by atoms with Gasteiger partial charge in [0.1, 0.15) is 11.6 Å². The second-order valence-electron chi connectivity index (χ2n) is 7.77. The molecule has 0 amide bonds. The molecule has 0 bridgehead atoms. The van der Waals surface area contributed by atoms with Crippen LogP contribution in [-0.4, -0.2) is 12.6 Å². The molecule has 3 aromatic carbocycles. The van der Waals surface area contributed by atoms with Crippen molar-refractivity contribution in [2.45, 2.75) is 38.9 Å². The van der Waals surface area contributed by atoms with E-state index in [0.717, 1.165) is 49.2 Å². The Labute approximate surface area is 182 Å². The maximum Gasteiger partial charge on any atom is 0.123 e. The SMILES string of the molecule is CCNCc1ccc(N)c(N)c1.Fc1ccc(CC2Cc3cc(F)ccc3CN2)cc1. The van der Waals surface area contributed by atoms with Crippen LogP contribution in [-0.2, 0) is 25.9 Å². The molecule has 0 spiro atoms. The molecule has 0 saturated carbocycles. The van der Waals surface area contributed by atoms with Crippen molar-refractivity contribution in [2.24, 2.45) is 0 Å². The molecule has 4 nitrogen and oxygen atoms in total. The molecule has 1 aliphatic heterocycles. The van der Waals surface area contributed by atoms with Gasteiger partial charge in [-0.05, 0) is 78.0 Å². The average molecular weight is 425 g/mol. The van der Waals surface area contributed by atoms with Gasteiger partial charge in [-0.15, -0.1) is 0 Å². The highest BCUT2D eigenvalue weighted by molar-refractivity contribution is 5.63. The quantitative estimate of drug-likeness (QED) is 0.464. The van der Waals surface area contributed by atoms with Crippen LogP contribution < -0.4 is 22.1 Å². The zero-order chi connectivity index (χ0) is 22.2. The van der Waals surface area contributed by atoms with Gasteiger partial charge in [0.2, 0.25) is 0 Å². The number of rotatable bonds is 5. The number of benzene rings is 3. The predicted molar refractivity (Wildman–Crippen MR) is 123 cm³/mol. The minimum absolute atomic E-state index is 0.179. The molecule has 1 aliphatic rings. The molecule has 164 valence electrons. The first kappa shape index (κ1) is 22.7. The lowest BCUT2D eigenvalue weighted by Crippen LogP contribution is -2.37. The average Bonchev–Trinajstić information content (AvgIpc) is 2.76. The van der Waals surface area contributed by atoms with Crippen molar-refractivity contribution >= 4 is 11.4 Å². The summed E-state index contributed by atoms with van der Waals surface area (Å²) in [6.07, 6.45) is 1.64. The monoisotopic (exact) mass is 424 g/mol. The first-order valence-corrected chi connectivity index (χ1v) is 10.5. The summed E-state index contributed by atoms with van der Waals surface area (Å²) >= 11 is 0. The van der Waals surface area contributed by atoms with E-state index in [9.17, 15) is 8.78 Å². The van der Waals surface area contributed by atoms with Crippen LogP contribution in [0.2, 0.25) is 0 Å². The van der Waals surface area contributed by atoms with Crippen molar-refractivity contribution in [1.82, 2.24) is 10.6 Å². The molecule has 0 aliphatic carbocycles. The molecule has 31 heavy (non-hydrogen) atoms. The molecule has 1 heterocycles. The molecule has 0 aromatic heterocycles. The van der Waals surface area contributed by atoms with E-state index in [1.807, 2.05) is 24.3 Å². The van der Waals surface area contributed by atoms with Crippen molar-refractivity contribution in [1.29, 1.82) is 0 Å². The van der Waals surface area contributed by atoms with Gasteiger partial charge in [0.25, 0.3) is 0 Å². The van der Waals surface area contributed by atoms with E-state index in [4.69, 9.17) is 11.5 Å². The molecular formula is C25H30F2N4. The van der Waals surface area contributed by atoms with Crippen LogP contribution >= 0.6 is 0 Å². The Morgan fingerprint density at radius 2 is 1.58 bits per heavy atom. The fourth-order valence-electron chi connectivity index (χ4n) is 3.60. The maximum absolute atomic E-state index is 13.2. The maximum atomic E-state index is 13.2. The minimum atomic E-state index is -0.215. The summed E-state index contributed by atoms with van der Waals surface area (Å²) in [5.74, 6) is -0.394. The van der Waals surface area contributed by atoms with Gasteiger partial charge in [0.05, 0.1) is 11.4 Å². The second-order valence-corrected chi connectivity index (χ2v) is 7.77. The van der Waals surface area contributed by atoms with Crippen LogP contribution in [0, 0.1) is 11.6 Å². The fraction of sp³-hybridized carbons (Fsp3) is 0.280. The first-order chi connectivity index (χ1) is 14.9. The molecule has 0 saturated heterocycles. The fourth-order valence-corrected chi connectivity index (χ4v) is 3.60. The lowest BCUT2D eigenvalue weighted by molar-refractivity contribution is 0.474. The van der Waals surface area contributed by atoms with E-state index in [-0.39, 0.29) is 17.7 Å². The molecule has 6 N–H and O–H groups in total. The number of hydrogen-bond donors (Lipinski definition) is 4. The van der Waals surface area contributed by atoms with E-state index < -0.39 is 0 Å². The summed E-state index contributed by atoms with van der Waals surface area (Å²) < 4.78 is 26.1. The molecule has 0 radical (unpaired) electrons. The van der Waals surface area contributed by atoms with Crippen LogP contribution in [0.1, 0.15) is 29.2 Å². The third-order valence-corrected chi connectivity index (χ3v) is 5.34. The zero-order valence-corrected chi connectivity index (χ0v) is 17.8. The van der Waals surface area contributed by atoms with Gasteiger partial charge in [-0.1, -0.05) is 31.2 Å². The third kappa shape index (κ3) is 6.77. The summed E-state index contributed by atoms with van der Waals surface area (Å²) in [6, 6.07) is 17.5. The van der Waals surface area contributed by atoms with Crippen molar-refractivity contribution in [3.8, 4) is 0 Å². The number of nitrogen functional groups attached to an aromatic ring is 2. The highest BCUT2D eigenvalue weighted by atomic mass is 19.1. The molecule has 0 fully saturated rings. The molecule has 1 atom stereocenters. The highest BCUT2D eigenvalue weighted by Crippen LogP contribution is 2.20. The Hall–Kier alpha value is -2.96. The normalized spacial score (nSPS) is 15.0. The topological polar surface area (TPSA) is 76.1 Å². The number of fused-ring (bicyclic) bond motifs is 1. The van der Waals surface area contributed by atoms with Crippen molar-refractivity contribution in [3.05, 3.63) is 94.6 Å². The Morgan fingerprint density at radius 3 is 2.29 bits per heavy atom. The van der Waals surface area contributed by atoms with Gasteiger partial charge >= 0.3 is 0 Å². The van der Waals surface area contributed by atoms with Gasteiger partial charge in [-0.25, -0.2) is 8.78 Å². The van der Waals surface area contributed by atoms with Gasteiger partial charge in [0.15, 0.2) is 0 Å². The molecule has 1 unspecified atom stereocenters. The van der Waals surface area contributed by atoms with E-state index in [1.165, 1.54) is 23.8 Å². The number of nitrogens with two attached hydrogens (primary N) is 2.